The number of nitrogens with zero attached hydrogens (tertiary/aromatic N) is 1. The van der Waals surface area contributed by atoms with Crippen LogP contribution in [0.25, 0.3) is 0 Å². The maximum Gasteiger partial charge on any atom is 0.336 e. The number of hydrogen-bond donors (Lipinski definition) is 2. The van der Waals surface area contributed by atoms with E-state index < -0.39 is 5.91 Å². The van der Waals surface area contributed by atoms with Crippen LogP contribution in [-0.2, 0) is 4.74 Å². The van der Waals surface area contributed by atoms with Gasteiger partial charge in [-0.25, -0.2) is 10.2 Å². The lowest BCUT2D eigenvalue weighted by Crippen LogP contribution is -2.52. The summed E-state index contributed by atoms with van der Waals surface area (Å²) in [4.78, 5) is 25.1. The van der Waals surface area contributed by atoms with Crippen LogP contribution in [0.15, 0.2) is 24.3 Å². The number of hydrazine groups is 1. The Labute approximate surface area is 115 Å². The molecule has 0 atom stereocenters. The molecule has 1 saturated heterocycles. The summed E-state index contributed by atoms with van der Waals surface area (Å²) in [7, 11) is 0. The minimum atomic E-state index is -0.452. The van der Waals surface area contributed by atoms with E-state index in [1.807, 2.05) is 0 Å². The van der Waals surface area contributed by atoms with Gasteiger partial charge in [-0.15, -0.1) is 0 Å². The van der Waals surface area contributed by atoms with Gasteiger partial charge in [0.05, 0.1) is 23.8 Å². The van der Waals surface area contributed by atoms with E-state index in [9.17, 15) is 9.59 Å². The molecule has 0 saturated carbocycles. The molecule has 0 bridgehead atoms. The van der Waals surface area contributed by atoms with Crippen molar-refractivity contribution < 1.29 is 14.3 Å². The zero-order valence-corrected chi connectivity index (χ0v) is 10.9. The van der Waals surface area contributed by atoms with Crippen LogP contribution in [0.3, 0.4) is 0 Å². The van der Waals surface area contributed by atoms with Crippen molar-refractivity contribution in [1.82, 2.24) is 15.8 Å². The molecule has 102 valence electrons. The molecule has 1 fully saturated rings. The lowest BCUT2D eigenvalue weighted by molar-refractivity contribution is 0.0519. The van der Waals surface area contributed by atoms with Gasteiger partial charge in [0.15, 0.2) is 0 Å². The number of hydrogen-bond acceptors (Lipinski definition) is 3. The molecule has 0 aromatic heterocycles. The van der Waals surface area contributed by atoms with Crippen LogP contribution in [0.2, 0.25) is 5.02 Å². The molecule has 1 aliphatic heterocycles. The maximum absolute atomic E-state index is 11.8. The number of carbonyl (C=O) groups is 2. The fraction of sp³-hybridized carbons (Fsp3) is 0.333. The highest BCUT2D eigenvalue weighted by atomic mass is 35.5. The average molecular weight is 284 g/mol. The van der Waals surface area contributed by atoms with Crippen LogP contribution in [0.1, 0.15) is 10.4 Å². The predicted molar refractivity (Wildman–Crippen MR) is 69.8 cm³/mol. The first kappa shape index (κ1) is 13.6. The Kier molecular flexibility index (Phi) is 4.59. The van der Waals surface area contributed by atoms with Crippen LogP contribution < -0.4 is 10.9 Å². The first-order chi connectivity index (χ1) is 9.18. The summed E-state index contributed by atoms with van der Waals surface area (Å²) in [5.74, 6) is -0.452. The second-order valence-electron chi connectivity index (χ2n) is 3.96. The van der Waals surface area contributed by atoms with Crippen molar-refractivity contribution in [3.05, 3.63) is 34.9 Å². The minimum absolute atomic E-state index is 0.312. The van der Waals surface area contributed by atoms with E-state index in [4.69, 9.17) is 16.3 Å². The molecule has 1 aromatic carbocycles. The number of ether oxygens (including phenoxy) is 1. The number of benzene rings is 1. The Balaban J connectivity index is 1.86. The van der Waals surface area contributed by atoms with E-state index >= 15 is 0 Å². The van der Waals surface area contributed by atoms with Crippen LogP contribution >= 0.6 is 11.6 Å². The van der Waals surface area contributed by atoms with Crippen LogP contribution in [0.4, 0.5) is 4.79 Å². The second-order valence-corrected chi connectivity index (χ2v) is 4.37. The fourth-order valence-electron chi connectivity index (χ4n) is 1.67. The van der Waals surface area contributed by atoms with Gasteiger partial charge in [0.1, 0.15) is 0 Å². The molecule has 2 N–H and O–H groups in total. The predicted octanol–water partition coefficient (Wildman–Crippen LogP) is 1.03. The van der Waals surface area contributed by atoms with Crippen molar-refractivity contribution in [3.8, 4) is 0 Å². The van der Waals surface area contributed by atoms with E-state index in [2.05, 4.69) is 10.9 Å². The summed E-state index contributed by atoms with van der Waals surface area (Å²) in [6.07, 6.45) is 0. The van der Waals surface area contributed by atoms with Gasteiger partial charge < -0.3 is 9.64 Å². The monoisotopic (exact) mass is 283 g/mol. The van der Waals surface area contributed by atoms with Gasteiger partial charge in [0.25, 0.3) is 5.91 Å². The number of nitrogens with one attached hydrogen (secondary N) is 2. The van der Waals surface area contributed by atoms with Crippen molar-refractivity contribution in [2.24, 2.45) is 0 Å². The molecule has 0 spiro atoms. The van der Waals surface area contributed by atoms with Crippen LogP contribution in [0.5, 0.6) is 0 Å². The Morgan fingerprint density at radius 3 is 2.53 bits per heavy atom. The molecule has 0 aliphatic carbocycles. The highest BCUT2D eigenvalue weighted by molar-refractivity contribution is 6.33. The number of amides is 3. The Hall–Kier alpha value is -1.79. The minimum Gasteiger partial charge on any atom is -0.378 e. The summed E-state index contributed by atoms with van der Waals surface area (Å²) in [5, 5.41) is 0.334. The van der Waals surface area contributed by atoms with Crippen LogP contribution in [0, 0.1) is 0 Å². The summed E-state index contributed by atoms with van der Waals surface area (Å²) in [6, 6.07) is 6.26. The van der Waals surface area contributed by atoms with Gasteiger partial charge >= 0.3 is 6.03 Å². The van der Waals surface area contributed by atoms with Crippen molar-refractivity contribution >= 4 is 23.5 Å². The molecule has 0 radical (unpaired) electrons. The van der Waals surface area contributed by atoms with Gasteiger partial charge in [-0.1, -0.05) is 23.7 Å². The van der Waals surface area contributed by atoms with Gasteiger partial charge in [-0.3, -0.25) is 10.2 Å². The second kappa shape index (κ2) is 6.40. The standard InChI is InChI=1S/C12H14ClN3O3/c13-10-4-2-1-3-9(10)11(17)14-15-12(18)16-5-7-19-8-6-16/h1-4H,5-8H2,(H,14,17)(H,15,18). The third kappa shape index (κ3) is 3.59. The molecule has 6 nitrogen and oxygen atoms in total. The zero-order chi connectivity index (χ0) is 13.7. The Bertz CT molecular complexity index is 475. The van der Waals surface area contributed by atoms with Gasteiger partial charge in [-0.2, -0.15) is 0 Å². The van der Waals surface area contributed by atoms with Crippen molar-refractivity contribution in [1.29, 1.82) is 0 Å². The maximum atomic E-state index is 11.8. The summed E-state index contributed by atoms with van der Waals surface area (Å²) < 4.78 is 5.13. The van der Waals surface area contributed by atoms with Crippen molar-refractivity contribution in [2.45, 2.75) is 0 Å². The molecule has 3 amide bonds. The molecule has 1 aromatic rings. The largest absolute Gasteiger partial charge is 0.378 e. The van der Waals surface area contributed by atoms with Gasteiger partial charge in [0.2, 0.25) is 0 Å². The average Bonchev–Trinajstić information content (AvgIpc) is 2.46. The first-order valence-corrected chi connectivity index (χ1v) is 6.24. The highest BCUT2D eigenvalue weighted by Gasteiger charge is 2.17. The number of rotatable bonds is 1. The SMILES string of the molecule is O=C(NNC(=O)N1CCOCC1)c1ccccc1Cl. The number of carbonyl (C=O) groups excluding carboxylic acids is 2. The summed E-state index contributed by atoms with van der Waals surface area (Å²) in [6.45, 7) is 2.03. The van der Waals surface area contributed by atoms with Crippen molar-refractivity contribution in [2.75, 3.05) is 26.3 Å². The van der Waals surface area contributed by atoms with E-state index in [1.54, 1.807) is 29.2 Å². The van der Waals surface area contributed by atoms with Gasteiger partial charge in [-0.05, 0) is 12.1 Å². The van der Waals surface area contributed by atoms with E-state index in [1.165, 1.54) is 0 Å². The van der Waals surface area contributed by atoms with Gasteiger partial charge in [0, 0.05) is 13.1 Å². The molecule has 1 heterocycles. The molecule has 7 heteroatoms. The molecular weight excluding hydrogens is 270 g/mol. The number of halogens is 1. The zero-order valence-electron chi connectivity index (χ0n) is 10.2. The Morgan fingerprint density at radius 1 is 1.16 bits per heavy atom. The lowest BCUT2D eigenvalue weighted by atomic mass is 10.2. The number of morpholine rings is 1. The first-order valence-electron chi connectivity index (χ1n) is 5.86. The fourth-order valence-corrected chi connectivity index (χ4v) is 1.89. The Morgan fingerprint density at radius 2 is 1.84 bits per heavy atom. The normalized spacial score (nSPS) is 14.9. The van der Waals surface area contributed by atoms with E-state index in [0.29, 0.717) is 36.9 Å². The number of urea groups is 1. The quantitative estimate of drug-likeness (QED) is 0.756. The molecule has 1 aliphatic rings. The molecule has 0 unspecified atom stereocenters. The van der Waals surface area contributed by atoms with E-state index in [0.717, 1.165) is 0 Å². The third-order valence-corrected chi connectivity index (χ3v) is 3.03. The molecule has 2 rings (SSSR count). The highest BCUT2D eigenvalue weighted by Crippen LogP contribution is 2.14. The molecular formula is C12H14ClN3O3. The van der Waals surface area contributed by atoms with Crippen LogP contribution in [-0.4, -0.2) is 43.1 Å². The molecule has 19 heavy (non-hydrogen) atoms. The smallest absolute Gasteiger partial charge is 0.336 e. The topological polar surface area (TPSA) is 70.7 Å². The van der Waals surface area contributed by atoms with Crippen molar-refractivity contribution in [3.63, 3.8) is 0 Å². The summed E-state index contributed by atoms with van der Waals surface area (Å²) in [5.41, 5.74) is 4.99. The third-order valence-electron chi connectivity index (χ3n) is 2.70. The lowest BCUT2D eigenvalue weighted by Gasteiger charge is -2.26. The summed E-state index contributed by atoms with van der Waals surface area (Å²) >= 11 is 5.88. The van der Waals surface area contributed by atoms with E-state index in [-0.39, 0.29) is 6.03 Å².